The highest BCUT2D eigenvalue weighted by Crippen LogP contribution is 2.47. The molecule has 5 rings (SSSR count). The average molecular weight is 569 g/mol. The first-order chi connectivity index (χ1) is 18.7. The predicted octanol–water partition coefficient (Wildman–Crippen LogP) is 5.95. The van der Waals surface area contributed by atoms with Gasteiger partial charge in [0, 0.05) is 11.1 Å². The molecule has 9 heteroatoms. The number of aliphatic hydroxyl groups excluding tert-OH is 1. The van der Waals surface area contributed by atoms with Gasteiger partial charge in [0.1, 0.15) is 23.1 Å². The standard InChI is InChI=1S/C31H34ClFN2O5/c1-17-25(35-18(2)40-27-16-39-30(5)26(36)15-38-31(27,30)6)14-23(32)28(34-17)20-9-7-19(8-10-20)21-11-12-22(24(33)13-21)29(3,4)37/h7-14,26-27,35-37H,2,15-16H2,1,3-6H3/t26?,27?,30-,31-/m1/s1. The van der Waals surface area contributed by atoms with Crippen molar-refractivity contribution >= 4 is 17.3 Å². The number of halogens is 2. The maximum Gasteiger partial charge on any atom is 0.184 e. The highest BCUT2D eigenvalue weighted by Gasteiger charge is 2.66. The molecule has 2 saturated heterocycles. The third kappa shape index (κ3) is 4.88. The highest BCUT2D eigenvalue weighted by atomic mass is 35.5. The molecule has 3 aromatic rings. The lowest BCUT2D eigenvalue weighted by Crippen LogP contribution is -2.54. The van der Waals surface area contributed by atoms with Crippen LogP contribution in [0.4, 0.5) is 10.1 Å². The van der Waals surface area contributed by atoms with Crippen LogP contribution < -0.4 is 5.32 Å². The van der Waals surface area contributed by atoms with Crippen molar-refractivity contribution in [2.75, 3.05) is 18.5 Å². The van der Waals surface area contributed by atoms with Gasteiger partial charge in [-0.25, -0.2) is 9.37 Å². The van der Waals surface area contributed by atoms with Gasteiger partial charge in [0.15, 0.2) is 12.0 Å². The zero-order valence-corrected chi connectivity index (χ0v) is 24.0. The van der Waals surface area contributed by atoms with Gasteiger partial charge in [0.05, 0.1) is 40.9 Å². The summed E-state index contributed by atoms with van der Waals surface area (Å²) >= 11 is 6.64. The molecule has 2 fully saturated rings. The summed E-state index contributed by atoms with van der Waals surface area (Å²) in [6.07, 6.45) is -1.20. The Balaban J connectivity index is 1.30. The number of rotatable bonds is 7. The van der Waals surface area contributed by atoms with Crippen LogP contribution in [0, 0.1) is 12.7 Å². The maximum atomic E-state index is 14.6. The zero-order valence-electron chi connectivity index (χ0n) is 23.2. The van der Waals surface area contributed by atoms with Crippen LogP contribution in [-0.2, 0) is 19.8 Å². The number of ether oxygens (including phenoxy) is 3. The maximum absolute atomic E-state index is 14.6. The second-order valence-electron chi connectivity index (χ2n) is 11.3. The van der Waals surface area contributed by atoms with E-state index in [4.69, 9.17) is 30.8 Å². The van der Waals surface area contributed by atoms with E-state index in [1.165, 1.54) is 6.07 Å². The number of aromatic nitrogens is 1. The SMILES string of the molecule is C=C(Nc1cc(Cl)c(-c2ccc(-c3ccc(C(C)(C)O)c(F)c3)cc2)nc1C)OC1CO[C@]2(C)C(O)CO[C@]12C. The Hall–Kier alpha value is -3.01. The molecule has 2 aromatic carbocycles. The summed E-state index contributed by atoms with van der Waals surface area (Å²) in [5.41, 5.74) is 1.56. The Labute approximate surface area is 238 Å². The Bertz CT molecular complexity index is 1460. The number of aliphatic hydroxyl groups is 2. The number of nitrogens with zero attached hydrogens (tertiary/aromatic N) is 1. The molecule has 2 aliphatic rings. The van der Waals surface area contributed by atoms with E-state index in [2.05, 4.69) is 11.9 Å². The number of pyridine rings is 1. The normalized spacial score (nSPS) is 26.0. The van der Waals surface area contributed by atoms with Crippen LogP contribution >= 0.6 is 11.6 Å². The minimum Gasteiger partial charge on any atom is -0.471 e. The molecule has 0 amide bonds. The van der Waals surface area contributed by atoms with Crippen molar-refractivity contribution in [3.05, 3.63) is 83.1 Å². The van der Waals surface area contributed by atoms with Crippen LogP contribution in [0.2, 0.25) is 5.02 Å². The fourth-order valence-electron chi connectivity index (χ4n) is 5.36. The second-order valence-corrected chi connectivity index (χ2v) is 11.7. The van der Waals surface area contributed by atoms with Crippen molar-refractivity contribution in [1.82, 2.24) is 4.98 Å². The van der Waals surface area contributed by atoms with Gasteiger partial charge < -0.3 is 29.7 Å². The number of benzene rings is 2. The number of aryl methyl sites for hydroxylation is 1. The largest absolute Gasteiger partial charge is 0.471 e. The van der Waals surface area contributed by atoms with E-state index in [0.717, 1.165) is 11.1 Å². The average Bonchev–Trinajstić information content (AvgIpc) is 3.27. The molecule has 2 unspecified atom stereocenters. The van der Waals surface area contributed by atoms with Crippen molar-refractivity contribution in [2.24, 2.45) is 0 Å². The van der Waals surface area contributed by atoms with Crippen LogP contribution in [0.25, 0.3) is 22.4 Å². The van der Waals surface area contributed by atoms with E-state index in [-0.39, 0.29) is 24.7 Å². The topological polar surface area (TPSA) is 93.1 Å². The van der Waals surface area contributed by atoms with Crippen molar-refractivity contribution in [3.8, 4) is 22.4 Å². The Morgan fingerprint density at radius 3 is 2.35 bits per heavy atom. The minimum atomic E-state index is -1.26. The fraction of sp³-hybridized carbons (Fsp3) is 0.387. The first kappa shape index (κ1) is 28.5. The van der Waals surface area contributed by atoms with Crippen molar-refractivity contribution in [3.63, 3.8) is 0 Å². The van der Waals surface area contributed by atoms with Gasteiger partial charge in [-0.05, 0) is 64.5 Å². The van der Waals surface area contributed by atoms with Crippen LogP contribution in [0.15, 0.2) is 61.0 Å². The van der Waals surface area contributed by atoms with E-state index in [0.29, 0.717) is 27.7 Å². The number of nitrogens with one attached hydrogen (secondary N) is 1. The van der Waals surface area contributed by atoms with Crippen molar-refractivity contribution in [1.29, 1.82) is 0 Å². The molecule has 0 bridgehead atoms. The van der Waals surface area contributed by atoms with E-state index >= 15 is 0 Å². The molecule has 0 radical (unpaired) electrons. The molecule has 40 heavy (non-hydrogen) atoms. The van der Waals surface area contributed by atoms with E-state index in [1.807, 2.05) is 45.0 Å². The Kier molecular flexibility index (Phi) is 7.21. The molecule has 4 atom stereocenters. The van der Waals surface area contributed by atoms with Crippen LogP contribution in [0.3, 0.4) is 0 Å². The quantitative estimate of drug-likeness (QED) is 0.303. The van der Waals surface area contributed by atoms with Gasteiger partial charge in [0.25, 0.3) is 0 Å². The molecule has 3 N–H and O–H groups in total. The summed E-state index contributed by atoms with van der Waals surface area (Å²) in [4.78, 5) is 4.71. The smallest absolute Gasteiger partial charge is 0.184 e. The van der Waals surface area contributed by atoms with Crippen LogP contribution in [0.5, 0.6) is 0 Å². The van der Waals surface area contributed by atoms with Gasteiger partial charge in [-0.1, -0.05) is 48.0 Å². The first-order valence-electron chi connectivity index (χ1n) is 13.1. The molecular weight excluding hydrogens is 535 g/mol. The Morgan fingerprint density at radius 2 is 1.70 bits per heavy atom. The van der Waals surface area contributed by atoms with Crippen LogP contribution in [-0.4, -0.2) is 51.8 Å². The third-order valence-electron chi connectivity index (χ3n) is 8.16. The predicted molar refractivity (Wildman–Crippen MR) is 152 cm³/mol. The van der Waals surface area contributed by atoms with Gasteiger partial charge in [-0.3, -0.25) is 0 Å². The summed E-state index contributed by atoms with van der Waals surface area (Å²) in [5, 5.41) is 24.0. The van der Waals surface area contributed by atoms with Gasteiger partial charge in [-0.15, -0.1) is 0 Å². The van der Waals surface area contributed by atoms with Gasteiger partial charge in [0.2, 0.25) is 0 Å². The number of anilines is 1. The molecule has 7 nitrogen and oxygen atoms in total. The molecule has 0 saturated carbocycles. The number of hydrogen-bond donors (Lipinski definition) is 3. The highest BCUT2D eigenvalue weighted by molar-refractivity contribution is 6.33. The van der Waals surface area contributed by atoms with Gasteiger partial charge >= 0.3 is 0 Å². The summed E-state index contributed by atoms with van der Waals surface area (Å²) in [7, 11) is 0. The molecule has 0 aliphatic carbocycles. The minimum absolute atomic E-state index is 0.180. The summed E-state index contributed by atoms with van der Waals surface area (Å²) in [6.45, 7) is 13.1. The van der Waals surface area contributed by atoms with Crippen LogP contribution in [0.1, 0.15) is 39.0 Å². The monoisotopic (exact) mass is 568 g/mol. The first-order valence-corrected chi connectivity index (χ1v) is 13.5. The van der Waals surface area contributed by atoms with Crippen molar-refractivity contribution < 1.29 is 28.8 Å². The Morgan fingerprint density at radius 1 is 1.07 bits per heavy atom. The van der Waals surface area contributed by atoms with E-state index in [1.54, 1.807) is 32.0 Å². The molecule has 2 aliphatic heterocycles. The molecular formula is C31H34ClFN2O5. The molecule has 0 spiro atoms. The van der Waals surface area contributed by atoms with Crippen molar-refractivity contribution in [2.45, 2.75) is 63.6 Å². The summed E-state index contributed by atoms with van der Waals surface area (Å²) in [6, 6.07) is 14.1. The zero-order chi connectivity index (χ0) is 29.0. The summed E-state index contributed by atoms with van der Waals surface area (Å²) < 4.78 is 32.4. The molecule has 3 heterocycles. The summed E-state index contributed by atoms with van der Waals surface area (Å²) in [5.74, 6) is -0.176. The lowest BCUT2D eigenvalue weighted by molar-refractivity contribution is -0.110. The lowest BCUT2D eigenvalue weighted by atomic mass is 9.82. The molecule has 212 valence electrons. The van der Waals surface area contributed by atoms with E-state index < -0.39 is 34.8 Å². The third-order valence-corrected chi connectivity index (χ3v) is 8.44. The fourth-order valence-corrected chi connectivity index (χ4v) is 5.62. The molecule has 1 aromatic heterocycles. The number of fused-ring (bicyclic) bond motifs is 1. The second kappa shape index (κ2) is 10.1. The van der Waals surface area contributed by atoms with Gasteiger partial charge in [-0.2, -0.15) is 0 Å². The van der Waals surface area contributed by atoms with E-state index in [9.17, 15) is 14.6 Å². The lowest BCUT2D eigenvalue weighted by Gasteiger charge is -2.35. The number of hydrogen-bond acceptors (Lipinski definition) is 7.